The second-order valence-corrected chi connectivity index (χ2v) is 7.20. The van der Waals surface area contributed by atoms with Crippen LogP contribution in [0.15, 0.2) is 53.3 Å². The van der Waals surface area contributed by atoms with Crippen molar-refractivity contribution in [2.45, 2.75) is 25.7 Å². The van der Waals surface area contributed by atoms with Crippen molar-refractivity contribution in [1.29, 1.82) is 0 Å². The summed E-state index contributed by atoms with van der Waals surface area (Å²) in [7, 11) is 2.12. The summed E-state index contributed by atoms with van der Waals surface area (Å²) in [6.07, 6.45) is 3.37. The number of hydrogen-bond acceptors (Lipinski definition) is 3. The van der Waals surface area contributed by atoms with Crippen molar-refractivity contribution in [3.63, 3.8) is 0 Å². The van der Waals surface area contributed by atoms with Crippen LogP contribution in [0.3, 0.4) is 0 Å². The summed E-state index contributed by atoms with van der Waals surface area (Å²) < 4.78 is 1.02. The Balaban J connectivity index is 1.42. The molecule has 0 aliphatic heterocycles. The van der Waals surface area contributed by atoms with Crippen LogP contribution in [-0.4, -0.2) is 39.9 Å². The Hall–Kier alpha value is -2.37. The average Bonchev–Trinajstić information content (AvgIpc) is 2.97. The van der Waals surface area contributed by atoms with Crippen molar-refractivity contribution >= 4 is 28.6 Å². The minimum atomic E-state index is -0.394. The molecule has 1 aromatic heterocycles. The maximum absolute atomic E-state index is 12.4. The Morgan fingerprint density at radius 3 is 2.67 bits per heavy atom. The molecular formula is C21H24ClN3O2. The Morgan fingerprint density at radius 1 is 1.11 bits per heavy atom. The third-order valence-corrected chi connectivity index (χ3v) is 5.10. The van der Waals surface area contributed by atoms with E-state index in [1.165, 1.54) is 5.56 Å². The fourth-order valence-electron chi connectivity index (χ4n) is 3.14. The number of aromatic nitrogens is 2. The van der Waals surface area contributed by atoms with E-state index in [1.54, 1.807) is 18.2 Å². The van der Waals surface area contributed by atoms with Gasteiger partial charge in [-0.2, -0.15) is 0 Å². The van der Waals surface area contributed by atoms with Gasteiger partial charge in [0.2, 0.25) is 0 Å². The molecule has 0 bridgehead atoms. The van der Waals surface area contributed by atoms with Gasteiger partial charge in [0.05, 0.1) is 11.0 Å². The van der Waals surface area contributed by atoms with Gasteiger partial charge in [0.1, 0.15) is 0 Å². The fraction of sp³-hybridized carbons (Fsp3) is 0.333. The number of ketones is 1. The van der Waals surface area contributed by atoms with E-state index in [4.69, 9.17) is 11.8 Å². The summed E-state index contributed by atoms with van der Waals surface area (Å²) in [6.45, 7) is 1.99. The number of H-pyrrole nitrogens is 1. The smallest absolute Gasteiger partial charge is 0.306 e. The quantitative estimate of drug-likeness (QED) is 0.449. The number of benzene rings is 2. The summed E-state index contributed by atoms with van der Waals surface area (Å²) in [4.78, 5) is 28.9. The Bertz CT molecular complexity index is 962. The standard InChI is InChI=1S/C21H24ClN3O2/c1-24(14-12-16-7-3-2-4-8-16)13-6-5-9-20(26)17-10-11-19-18(15-17)23-21(27)25(19)22/h2-4,7-8,10-11,15H,5-6,9,12-14H2,1H3,(H,23,27). The highest BCUT2D eigenvalue weighted by Crippen LogP contribution is 2.16. The summed E-state index contributed by atoms with van der Waals surface area (Å²) >= 11 is 5.85. The Morgan fingerprint density at radius 2 is 1.89 bits per heavy atom. The van der Waals surface area contributed by atoms with Crippen molar-refractivity contribution in [2.75, 3.05) is 20.1 Å². The summed E-state index contributed by atoms with van der Waals surface area (Å²) in [5.41, 5.74) is 2.73. The van der Waals surface area contributed by atoms with Gasteiger partial charge < -0.3 is 9.88 Å². The van der Waals surface area contributed by atoms with Crippen LogP contribution < -0.4 is 5.69 Å². The van der Waals surface area contributed by atoms with Crippen molar-refractivity contribution in [2.24, 2.45) is 0 Å². The molecule has 0 aliphatic carbocycles. The zero-order chi connectivity index (χ0) is 19.2. The molecule has 2 aromatic carbocycles. The molecule has 142 valence electrons. The SMILES string of the molecule is CN(CCCCC(=O)c1ccc2c(c1)[nH]c(=O)n2Cl)CCc1ccccc1. The van der Waals surface area contributed by atoms with Crippen LogP contribution in [-0.2, 0) is 6.42 Å². The molecule has 3 aromatic rings. The molecule has 27 heavy (non-hydrogen) atoms. The van der Waals surface area contributed by atoms with E-state index < -0.39 is 5.69 Å². The number of carbonyl (C=O) groups is 1. The molecule has 5 nitrogen and oxygen atoms in total. The highest BCUT2D eigenvalue weighted by molar-refractivity contribution is 6.18. The minimum Gasteiger partial charge on any atom is -0.306 e. The monoisotopic (exact) mass is 385 g/mol. The number of aromatic amines is 1. The Kier molecular flexibility index (Phi) is 6.48. The molecular weight excluding hydrogens is 362 g/mol. The van der Waals surface area contributed by atoms with Gasteiger partial charge in [-0.05, 0) is 56.6 Å². The van der Waals surface area contributed by atoms with Gasteiger partial charge in [-0.1, -0.05) is 30.3 Å². The predicted octanol–water partition coefficient (Wildman–Crippen LogP) is 3.86. The highest BCUT2D eigenvalue weighted by Gasteiger charge is 2.10. The van der Waals surface area contributed by atoms with E-state index in [0.29, 0.717) is 23.0 Å². The number of nitrogens with zero attached hydrogens (tertiary/aromatic N) is 2. The molecule has 0 aliphatic rings. The van der Waals surface area contributed by atoms with Crippen LogP contribution in [0.1, 0.15) is 35.2 Å². The van der Waals surface area contributed by atoms with E-state index in [-0.39, 0.29) is 5.78 Å². The lowest BCUT2D eigenvalue weighted by Crippen LogP contribution is -2.22. The molecule has 0 fully saturated rings. The maximum Gasteiger partial charge on any atom is 0.341 e. The minimum absolute atomic E-state index is 0.0898. The number of likely N-dealkylation sites (N-methyl/N-ethyl adjacent to an activating group) is 1. The van der Waals surface area contributed by atoms with Crippen molar-refractivity contribution in [3.8, 4) is 0 Å². The molecule has 6 heteroatoms. The second-order valence-electron chi connectivity index (χ2n) is 6.86. The molecule has 0 amide bonds. The summed E-state index contributed by atoms with van der Waals surface area (Å²) in [5.74, 6) is 0.0898. The van der Waals surface area contributed by atoms with Crippen LogP contribution in [0, 0.1) is 0 Å². The Labute approximate surface area is 163 Å². The van der Waals surface area contributed by atoms with Crippen molar-refractivity contribution in [3.05, 3.63) is 70.1 Å². The molecule has 0 spiro atoms. The molecule has 0 unspecified atom stereocenters. The lowest BCUT2D eigenvalue weighted by Gasteiger charge is -2.16. The second kappa shape index (κ2) is 9.02. The molecule has 3 rings (SSSR count). The van der Waals surface area contributed by atoms with Gasteiger partial charge >= 0.3 is 5.69 Å². The lowest BCUT2D eigenvalue weighted by molar-refractivity contribution is 0.0978. The van der Waals surface area contributed by atoms with Gasteiger partial charge in [0, 0.05) is 30.3 Å². The normalized spacial score (nSPS) is 11.4. The first kappa shape index (κ1) is 19.4. The first-order chi connectivity index (χ1) is 13.0. The molecule has 1 heterocycles. The lowest BCUT2D eigenvalue weighted by atomic mass is 10.0. The van der Waals surface area contributed by atoms with Gasteiger partial charge in [0.15, 0.2) is 5.78 Å². The summed E-state index contributed by atoms with van der Waals surface area (Å²) in [6, 6.07) is 15.6. The number of imidazole rings is 1. The molecule has 0 saturated carbocycles. The zero-order valence-corrected chi connectivity index (χ0v) is 16.2. The van der Waals surface area contributed by atoms with E-state index >= 15 is 0 Å². The van der Waals surface area contributed by atoms with Crippen molar-refractivity contribution < 1.29 is 4.79 Å². The summed E-state index contributed by atoms with van der Waals surface area (Å²) in [5, 5.41) is 0. The maximum atomic E-state index is 12.4. The number of fused-ring (bicyclic) bond motifs is 1. The van der Waals surface area contributed by atoms with Crippen LogP contribution >= 0.6 is 11.8 Å². The van der Waals surface area contributed by atoms with E-state index in [9.17, 15) is 9.59 Å². The average molecular weight is 386 g/mol. The van der Waals surface area contributed by atoms with Gasteiger partial charge in [-0.3, -0.25) is 4.79 Å². The van der Waals surface area contributed by atoms with Gasteiger partial charge in [-0.15, -0.1) is 0 Å². The van der Waals surface area contributed by atoms with E-state index in [2.05, 4.69) is 41.2 Å². The molecule has 1 N–H and O–H groups in total. The van der Waals surface area contributed by atoms with E-state index in [1.807, 2.05) is 6.07 Å². The third-order valence-electron chi connectivity index (χ3n) is 4.77. The molecule has 0 saturated heterocycles. The third kappa shape index (κ3) is 5.08. The predicted molar refractivity (Wildman–Crippen MR) is 110 cm³/mol. The number of unbranched alkanes of at least 4 members (excludes halogenated alkanes) is 1. The number of carbonyl (C=O) groups excluding carboxylic acids is 1. The number of Topliss-reactive ketones (excluding diaryl/α,β-unsaturated/α-hetero) is 1. The van der Waals surface area contributed by atoms with Crippen LogP contribution in [0.2, 0.25) is 0 Å². The highest BCUT2D eigenvalue weighted by atomic mass is 35.5. The fourth-order valence-corrected chi connectivity index (χ4v) is 3.33. The number of nitrogens with one attached hydrogen (secondary N) is 1. The first-order valence-electron chi connectivity index (χ1n) is 9.21. The molecule has 0 atom stereocenters. The number of halogens is 1. The van der Waals surface area contributed by atoms with E-state index in [0.717, 1.165) is 36.4 Å². The largest absolute Gasteiger partial charge is 0.341 e. The first-order valence-corrected chi connectivity index (χ1v) is 9.55. The van der Waals surface area contributed by atoms with Crippen LogP contribution in [0.4, 0.5) is 0 Å². The van der Waals surface area contributed by atoms with Crippen LogP contribution in [0.25, 0.3) is 11.0 Å². The number of hydrogen-bond donors (Lipinski definition) is 1. The van der Waals surface area contributed by atoms with Gasteiger partial charge in [-0.25, -0.2) is 8.88 Å². The number of rotatable bonds is 9. The molecule has 0 radical (unpaired) electrons. The topological polar surface area (TPSA) is 58.1 Å². The van der Waals surface area contributed by atoms with Gasteiger partial charge in [0.25, 0.3) is 0 Å². The zero-order valence-electron chi connectivity index (χ0n) is 15.5. The van der Waals surface area contributed by atoms with Crippen LogP contribution in [0.5, 0.6) is 0 Å². The van der Waals surface area contributed by atoms with Crippen molar-refractivity contribution in [1.82, 2.24) is 14.0 Å².